The molecule has 0 fully saturated rings. The van der Waals surface area contributed by atoms with Gasteiger partial charge in [0.25, 0.3) is 5.69 Å². The molecule has 0 aliphatic heterocycles. The number of hydrogen-bond donors (Lipinski definition) is 1. The van der Waals surface area contributed by atoms with Crippen LogP contribution in [-0.2, 0) is 0 Å². The molecule has 1 heterocycles. The predicted molar refractivity (Wildman–Crippen MR) is 90.9 cm³/mol. The van der Waals surface area contributed by atoms with Crippen molar-refractivity contribution in [1.82, 2.24) is 9.97 Å². The van der Waals surface area contributed by atoms with E-state index >= 15 is 0 Å². The van der Waals surface area contributed by atoms with Crippen molar-refractivity contribution >= 4 is 34.3 Å². The molecule has 1 N–H and O–H groups in total. The van der Waals surface area contributed by atoms with Gasteiger partial charge in [0.15, 0.2) is 10.9 Å². The van der Waals surface area contributed by atoms with E-state index in [1.807, 2.05) is 0 Å². The zero-order chi connectivity index (χ0) is 18.7. The molecular weight excluding hydrogens is 368 g/mol. The molecule has 2 aromatic carbocycles. The zero-order valence-electron chi connectivity index (χ0n) is 13.0. The monoisotopic (exact) mass is 379 g/mol. The lowest BCUT2D eigenvalue weighted by atomic mass is 10.1. The number of fused-ring (bicyclic) bond motifs is 1. The second-order valence-electron chi connectivity index (χ2n) is 5.12. The van der Waals surface area contributed by atoms with Crippen LogP contribution < -0.4 is 4.74 Å². The third kappa shape index (κ3) is 4.14. The first-order valence-electron chi connectivity index (χ1n) is 7.27. The quantitative estimate of drug-likeness (QED) is 0.288. The van der Waals surface area contributed by atoms with Crippen LogP contribution in [0.15, 0.2) is 47.6 Å². The summed E-state index contributed by atoms with van der Waals surface area (Å²) in [6.07, 6.45) is 0. The van der Waals surface area contributed by atoms with Crippen LogP contribution in [0.2, 0.25) is 0 Å². The van der Waals surface area contributed by atoms with Gasteiger partial charge in [-0.3, -0.25) is 14.9 Å². The number of aromatic amines is 1. The molecule has 0 aliphatic carbocycles. The van der Waals surface area contributed by atoms with Crippen LogP contribution in [-0.4, -0.2) is 33.0 Å². The predicted octanol–water partition coefficient (Wildman–Crippen LogP) is 4.05. The van der Waals surface area contributed by atoms with E-state index in [4.69, 9.17) is 0 Å². The fraction of sp³-hybridized carbons (Fsp3) is 0.125. The molecule has 10 heteroatoms. The Balaban J connectivity index is 1.65. The van der Waals surface area contributed by atoms with Crippen molar-refractivity contribution in [1.29, 1.82) is 0 Å². The number of alkyl halides is 2. The number of benzene rings is 2. The smallest absolute Gasteiger partial charge is 0.387 e. The highest BCUT2D eigenvalue weighted by molar-refractivity contribution is 7.99. The lowest BCUT2D eigenvalue weighted by Gasteiger charge is -2.05. The summed E-state index contributed by atoms with van der Waals surface area (Å²) in [5, 5.41) is 11.2. The highest BCUT2D eigenvalue weighted by Gasteiger charge is 2.12. The number of nitrogens with one attached hydrogen (secondary N) is 1. The lowest BCUT2D eigenvalue weighted by Crippen LogP contribution is -2.04. The lowest BCUT2D eigenvalue weighted by molar-refractivity contribution is -0.384. The third-order valence-electron chi connectivity index (χ3n) is 3.40. The van der Waals surface area contributed by atoms with Crippen molar-refractivity contribution in [2.24, 2.45) is 0 Å². The fourth-order valence-electron chi connectivity index (χ4n) is 2.20. The van der Waals surface area contributed by atoms with Gasteiger partial charge in [-0.2, -0.15) is 8.78 Å². The average Bonchev–Trinajstić information content (AvgIpc) is 3.01. The van der Waals surface area contributed by atoms with Gasteiger partial charge in [0.05, 0.1) is 21.7 Å². The summed E-state index contributed by atoms with van der Waals surface area (Å²) in [4.78, 5) is 29.6. The second kappa shape index (κ2) is 7.48. The van der Waals surface area contributed by atoms with Crippen molar-refractivity contribution in [2.45, 2.75) is 11.8 Å². The molecule has 3 aromatic rings. The Bertz CT molecular complexity index is 960. The first-order valence-corrected chi connectivity index (χ1v) is 8.26. The number of nitro benzene ring substituents is 1. The van der Waals surface area contributed by atoms with Gasteiger partial charge in [-0.05, 0) is 30.3 Å². The number of aromatic nitrogens is 2. The molecule has 0 amide bonds. The molecule has 134 valence electrons. The number of ether oxygens (including phenoxy) is 1. The van der Waals surface area contributed by atoms with Crippen molar-refractivity contribution in [3.63, 3.8) is 0 Å². The number of hydrogen-bond acceptors (Lipinski definition) is 6. The average molecular weight is 379 g/mol. The number of halogens is 2. The van der Waals surface area contributed by atoms with E-state index in [-0.39, 0.29) is 23.0 Å². The number of H-pyrrole nitrogens is 1. The highest BCUT2D eigenvalue weighted by Crippen LogP contribution is 2.24. The molecule has 0 atom stereocenters. The number of Topliss-reactive ketones (excluding diaryl/α,β-unsaturated/α-hetero) is 1. The molecule has 0 radical (unpaired) electrons. The minimum absolute atomic E-state index is 0.0249. The third-order valence-corrected chi connectivity index (χ3v) is 4.27. The second-order valence-corrected chi connectivity index (χ2v) is 6.08. The van der Waals surface area contributed by atoms with Crippen LogP contribution in [0.4, 0.5) is 14.5 Å². The summed E-state index contributed by atoms with van der Waals surface area (Å²) < 4.78 is 28.4. The van der Waals surface area contributed by atoms with Gasteiger partial charge in [-0.15, -0.1) is 0 Å². The first kappa shape index (κ1) is 17.8. The maximum atomic E-state index is 12.2. The SMILES string of the molecule is O=C(CSc1nc2ccc([N+](=O)[O-])cc2[nH]1)c1ccc(OC(F)F)cc1. The molecule has 0 bridgehead atoms. The molecule has 0 saturated carbocycles. The molecule has 0 spiro atoms. The number of rotatable bonds is 7. The number of carbonyl (C=O) groups is 1. The summed E-state index contributed by atoms with van der Waals surface area (Å²) in [5.41, 5.74) is 1.35. The number of nitro groups is 1. The molecule has 3 rings (SSSR count). The number of thioether (sulfide) groups is 1. The summed E-state index contributed by atoms with van der Waals surface area (Å²) >= 11 is 1.14. The van der Waals surface area contributed by atoms with E-state index in [2.05, 4.69) is 14.7 Å². The minimum atomic E-state index is -2.92. The molecular formula is C16H11F2N3O4S. The van der Waals surface area contributed by atoms with E-state index in [1.54, 1.807) is 0 Å². The minimum Gasteiger partial charge on any atom is -0.435 e. The summed E-state index contributed by atoms with van der Waals surface area (Å²) in [6.45, 7) is -2.92. The molecule has 0 unspecified atom stereocenters. The fourth-order valence-corrected chi connectivity index (χ4v) is 2.98. The van der Waals surface area contributed by atoms with E-state index in [0.717, 1.165) is 11.8 Å². The Kier molecular flexibility index (Phi) is 5.12. The van der Waals surface area contributed by atoms with Gasteiger partial charge >= 0.3 is 6.61 Å². The molecule has 0 saturated heterocycles. The Morgan fingerprint density at radius 1 is 1.27 bits per heavy atom. The van der Waals surface area contributed by atoms with Gasteiger partial charge in [-0.1, -0.05) is 11.8 Å². The number of nitrogens with zero attached hydrogens (tertiary/aromatic N) is 2. The number of carbonyl (C=O) groups excluding carboxylic acids is 1. The maximum absolute atomic E-state index is 12.2. The molecule has 1 aromatic heterocycles. The van der Waals surface area contributed by atoms with Crippen molar-refractivity contribution < 1.29 is 23.2 Å². The van der Waals surface area contributed by atoms with E-state index in [9.17, 15) is 23.7 Å². The maximum Gasteiger partial charge on any atom is 0.387 e. The summed E-state index contributed by atoms with van der Waals surface area (Å²) in [7, 11) is 0. The zero-order valence-corrected chi connectivity index (χ0v) is 13.8. The highest BCUT2D eigenvalue weighted by atomic mass is 32.2. The van der Waals surface area contributed by atoms with Crippen LogP contribution in [0.25, 0.3) is 11.0 Å². The standard InChI is InChI=1S/C16H11F2N3O4S/c17-15(18)25-11-4-1-9(2-5-11)14(22)8-26-16-19-12-6-3-10(21(23)24)7-13(12)20-16/h1-7,15H,8H2,(H,19,20). The Hall–Kier alpha value is -3.01. The first-order chi connectivity index (χ1) is 12.4. The van der Waals surface area contributed by atoms with Gasteiger partial charge in [-0.25, -0.2) is 4.98 Å². The van der Waals surface area contributed by atoms with Gasteiger partial charge in [0.1, 0.15) is 5.75 Å². The normalized spacial score (nSPS) is 11.0. The van der Waals surface area contributed by atoms with Gasteiger partial charge in [0.2, 0.25) is 0 Å². The molecule has 0 aliphatic rings. The Labute approximate surface area is 149 Å². The number of non-ortho nitro benzene ring substituents is 1. The van der Waals surface area contributed by atoms with Crippen LogP contribution >= 0.6 is 11.8 Å². The van der Waals surface area contributed by atoms with Crippen LogP contribution in [0, 0.1) is 10.1 Å². The van der Waals surface area contributed by atoms with Crippen molar-refractivity contribution in [3.8, 4) is 5.75 Å². The molecule has 26 heavy (non-hydrogen) atoms. The largest absolute Gasteiger partial charge is 0.435 e. The van der Waals surface area contributed by atoms with E-state index < -0.39 is 11.5 Å². The summed E-state index contributed by atoms with van der Waals surface area (Å²) in [5.74, 6) is -0.176. The Morgan fingerprint density at radius 2 is 2.00 bits per heavy atom. The number of ketones is 1. The van der Waals surface area contributed by atoms with E-state index in [1.165, 1.54) is 42.5 Å². The molecule has 7 nitrogen and oxygen atoms in total. The Morgan fingerprint density at radius 3 is 2.65 bits per heavy atom. The van der Waals surface area contributed by atoms with Gasteiger partial charge < -0.3 is 9.72 Å². The number of imidazole rings is 1. The van der Waals surface area contributed by atoms with Crippen molar-refractivity contribution in [3.05, 3.63) is 58.1 Å². The van der Waals surface area contributed by atoms with Crippen LogP contribution in [0.1, 0.15) is 10.4 Å². The van der Waals surface area contributed by atoms with E-state index in [0.29, 0.717) is 21.8 Å². The van der Waals surface area contributed by atoms with Crippen molar-refractivity contribution in [2.75, 3.05) is 5.75 Å². The topological polar surface area (TPSA) is 98.1 Å². The van der Waals surface area contributed by atoms with Gasteiger partial charge in [0, 0.05) is 17.7 Å². The van der Waals surface area contributed by atoms with Crippen LogP contribution in [0.5, 0.6) is 5.75 Å². The van der Waals surface area contributed by atoms with Crippen LogP contribution in [0.3, 0.4) is 0 Å². The summed E-state index contributed by atoms with van der Waals surface area (Å²) in [6, 6.07) is 9.65.